The van der Waals surface area contributed by atoms with E-state index >= 15 is 0 Å². The van der Waals surface area contributed by atoms with Crippen molar-refractivity contribution in [1.29, 1.82) is 0 Å². The predicted octanol–water partition coefficient (Wildman–Crippen LogP) is 2.90. The van der Waals surface area contributed by atoms with Gasteiger partial charge in [0.25, 0.3) is 0 Å². The van der Waals surface area contributed by atoms with Gasteiger partial charge in [-0.1, -0.05) is 23.9 Å². The van der Waals surface area contributed by atoms with Crippen LogP contribution >= 0.6 is 11.8 Å². The van der Waals surface area contributed by atoms with Gasteiger partial charge in [-0.25, -0.2) is 4.98 Å². The van der Waals surface area contributed by atoms with Crippen LogP contribution in [0.3, 0.4) is 0 Å². The predicted molar refractivity (Wildman–Crippen MR) is 78.8 cm³/mol. The lowest BCUT2D eigenvalue weighted by Crippen LogP contribution is -2.19. The maximum Gasteiger partial charge on any atom is 0.409 e. The highest BCUT2D eigenvalue weighted by Crippen LogP contribution is 2.25. The van der Waals surface area contributed by atoms with Crippen molar-refractivity contribution in [2.45, 2.75) is 37.1 Å². The van der Waals surface area contributed by atoms with Crippen LogP contribution in [0.1, 0.15) is 12.7 Å². The van der Waals surface area contributed by atoms with E-state index in [1.807, 2.05) is 35.8 Å². The summed E-state index contributed by atoms with van der Waals surface area (Å²) in [7, 11) is 0. The van der Waals surface area contributed by atoms with E-state index in [1.165, 1.54) is 11.8 Å². The molecule has 0 atom stereocenters. The van der Waals surface area contributed by atoms with Crippen LogP contribution < -0.4 is 0 Å². The molecule has 0 aliphatic carbocycles. The van der Waals surface area contributed by atoms with Gasteiger partial charge in [0.1, 0.15) is 0 Å². The molecule has 0 saturated heterocycles. The Morgan fingerprint density at radius 1 is 1.22 bits per heavy atom. The second-order valence-electron chi connectivity index (χ2n) is 4.77. The minimum Gasteiger partial charge on any atom is -0.319 e. The number of aromatic nitrogens is 6. The molecule has 3 aromatic rings. The summed E-state index contributed by atoms with van der Waals surface area (Å²) in [6, 6.07) is 7.75. The molecule has 0 saturated carbocycles. The van der Waals surface area contributed by atoms with E-state index in [9.17, 15) is 13.2 Å². The number of rotatable bonds is 5. The molecule has 0 amide bonds. The fourth-order valence-electron chi connectivity index (χ4n) is 2.16. The number of hydrogen-bond acceptors (Lipinski definition) is 5. The maximum absolute atomic E-state index is 12.3. The molecule has 0 radical (unpaired) electrons. The number of nitrogens with zero attached hydrogens (tertiary/aromatic N) is 6. The Morgan fingerprint density at radius 3 is 2.74 bits per heavy atom. The fraction of sp³-hybridized carbons (Fsp3) is 0.385. The normalized spacial score (nSPS) is 12.2. The molecular formula is C13H13F3N6S. The molecule has 0 N–H and O–H groups in total. The number of hydrogen-bond donors (Lipinski definition) is 0. The van der Waals surface area contributed by atoms with Gasteiger partial charge in [-0.15, -0.1) is 10.2 Å². The lowest BCUT2D eigenvalue weighted by atomic mass is 10.3. The number of fused-ring (bicyclic) bond motifs is 1. The highest BCUT2D eigenvalue weighted by Gasteiger charge is 2.29. The van der Waals surface area contributed by atoms with E-state index in [0.717, 1.165) is 22.7 Å². The minimum absolute atomic E-state index is 0.244. The second kappa shape index (κ2) is 6.19. The summed E-state index contributed by atoms with van der Waals surface area (Å²) < 4.78 is 38.9. The van der Waals surface area contributed by atoms with Crippen molar-refractivity contribution in [1.82, 2.24) is 29.8 Å². The summed E-state index contributed by atoms with van der Waals surface area (Å²) in [6.45, 7) is 1.52. The number of halogens is 3. The van der Waals surface area contributed by atoms with Crippen molar-refractivity contribution in [2.75, 3.05) is 0 Å². The molecular weight excluding hydrogens is 329 g/mol. The van der Waals surface area contributed by atoms with E-state index in [0.29, 0.717) is 10.5 Å². The first kappa shape index (κ1) is 15.8. The first-order valence-electron chi connectivity index (χ1n) is 6.88. The Morgan fingerprint density at radius 2 is 2.00 bits per heavy atom. The summed E-state index contributed by atoms with van der Waals surface area (Å²) in [5, 5.41) is 11.6. The van der Waals surface area contributed by atoms with Crippen molar-refractivity contribution in [2.24, 2.45) is 0 Å². The molecule has 0 spiro atoms. The van der Waals surface area contributed by atoms with Crippen LogP contribution in [0, 0.1) is 0 Å². The number of para-hydroxylation sites is 2. The number of thioether (sulfide) groups is 1. The highest BCUT2D eigenvalue weighted by atomic mass is 32.2. The average Bonchev–Trinajstić information content (AvgIpc) is 3.06. The molecule has 0 unspecified atom stereocenters. The van der Waals surface area contributed by atoms with Crippen LogP contribution in [0.15, 0.2) is 29.4 Å². The average molecular weight is 342 g/mol. The molecule has 0 bridgehead atoms. The van der Waals surface area contributed by atoms with E-state index in [2.05, 4.69) is 20.4 Å². The van der Waals surface area contributed by atoms with Gasteiger partial charge in [0.2, 0.25) is 0 Å². The zero-order chi connectivity index (χ0) is 16.4. The van der Waals surface area contributed by atoms with Crippen LogP contribution in [0.25, 0.3) is 11.0 Å². The molecule has 23 heavy (non-hydrogen) atoms. The molecule has 3 rings (SSSR count). The fourth-order valence-corrected chi connectivity index (χ4v) is 3.08. The summed E-state index contributed by atoms with van der Waals surface area (Å²) in [6.07, 6.45) is -4.36. The first-order chi connectivity index (χ1) is 11.0. The molecule has 0 aliphatic rings. The lowest BCUT2D eigenvalue weighted by molar-refractivity contribution is -0.145. The first-order valence-corrected chi connectivity index (χ1v) is 7.86. The van der Waals surface area contributed by atoms with Crippen LogP contribution in [0.5, 0.6) is 0 Å². The van der Waals surface area contributed by atoms with E-state index < -0.39 is 12.7 Å². The lowest BCUT2D eigenvalue weighted by Gasteiger charge is -2.04. The third-order valence-electron chi connectivity index (χ3n) is 3.08. The van der Waals surface area contributed by atoms with Crippen molar-refractivity contribution in [3.05, 3.63) is 30.1 Å². The monoisotopic (exact) mass is 342 g/mol. The molecule has 0 fully saturated rings. The van der Waals surface area contributed by atoms with Gasteiger partial charge in [0.15, 0.2) is 17.5 Å². The minimum atomic E-state index is -4.36. The van der Waals surface area contributed by atoms with Gasteiger partial charge < -0.3 is 4.57 Å². The molecule has 1 aromatic carbocycles. The molecule has 122 valence electrons. The Balaban J connectivity index is 1.73. The number of imidazole rings is 1. The molecule has 2 aromatic heterocycles. The third kappa shape index (κ3) is 3.63. The number of aryl methyl sites for hydroxylation is 1. The van der Waals surface area contributed by atoms with Crippen LogP contribution in [-0.4, -0.2) is 35.9 Å². The Labute approximate surface area is 133 Å². The van der Waals surface area contributed by atoms with Gasteiger partial charge in [0, 0.05) is 6.54 Å². The molecule has 0 aliphatic heterocycles. The van der Waals surface area contributed by atoms with Gasteiger partial charge in [0.05, 0.1) is 16.8 Å². The van der Waals surface area contributed by atoms with Gasteiger partial charge in [-0.05, 0) is 24.3 Å². The van der Waals surface area contributed by atoms with E-state index in [4.69, 9.17) is 0 Å². The zero-order valence-corrected chi connectivity index (χ0v) is 13.0. The summed E-state index contributed by atoms with van der Waals surface area (Å²) in [5.41, 5.74) is 1.90. The summed E-state index contributed by atoms with van der Waals surface area (Å²) in [4.78, 5) is 5.08. The molecule has 2 heterocycles. The standard InChI is InChI=1S/C13H13F3N6S/c1-2-21-10-6-4-3-5-9(10)17-12(21)23-7-11-18-20-22(19-11)8-13(14,15)16/h3-6H,2,7-8H2,1H3. The van der Waals surface area contributed by atoms with Crippen LogP contribution in [0.4, 0.5) is 13.2 Å². The SMILES string of the molecule is CCn1c(SCc2nnn(CC(F)(F)F)n2)nc2ccccc21. The topological polar surface area (TPSA) is 61.4 Å². The van der Waals surface area contributed by atoms with Crippen molar-refractivity contribution in [3.8, 4) is 0 Å². The summed E-state index contributed by atoms with van der Waals surface area (Å²) >= 11 is 1.37. The van der Waals surface area contributed by atoms with Gasteiger partial charge >= 0.3 is 6.18 Å². The van der Waals surface area contributed by atoms with E-state index in [1.54, 1.807) is 0 Å². The largest absolute Gasteiger partial charge is 0.409 e. The van der Waals surface area contributed by atoms with Crippen molar-refractivity contribution >= 4 is 22.8 Å². The van der Waals surface area contributed by atoms with Crippen molar-refractivity contribution < 1.29 is 13.2 Å². The van der Waals surface area contributed by atoms with Crippen molar-refractivity contribution in [3.63, 3.8) is 0 Å². The number of tetrazole rings is 1. The second-order valence-corrected chi connectivity index (χ2v) is 5.71. The third-order valence-corrected chi connectivity index (χ3v) is 4.05. The Hall–Kier alpha value is -2.10. The van der Waals surface area contributed by atoms with Crippen LogP contribution in [0.2, 0.25) is 0 Å². The van der Waals surface area contributed by atoms with Gasteiger partial charge in [-0.2, -0.15) is 18.0 Å². The van der Waals surface area contributed by atoms with E-state index in [-0.39, 0.29) is 5.82 Å². The maximum atomic E-state index is 12.3. The van der Waals surface area contributed by atoms with Gasteiger partial charge in [-0.3, -0.25) is 0 Å². The number of alkyl halides is 3. The smallest absolute Gasteiger partial charge is 0.319 e. The quantitative estimate of drug-likeness (QED) is 0.667. The summed E-state index contributed by atoms with van der Waals surface area (Å²) in [5.74, 6) is 0.551. The van der Waals surface area contributed by atoms with Crippen LogP contribution in [-0.2, 0) is 18.8 Å². The zero-order valence-electron chi connectivity index (χ0n) is 12.2. The molecule has 10 heteroatoms. The molecule has 6 nitrogen and oxygen atoms in total. The Kier molecular flexibility index (Phi) is 4.24. The Bertz CT molecular complexity index is 809. The number of benzene rings is 1. The highest BCUT2D eigenvalue weighted by molar-refractivity contribution is 7.98.